The number of hydrogen-bond acceptors (Lipinski definition) is 1. The van der Waals surface area contributed by atoms with Gasteiger partial charge in [0.05, 0.1) is 0 Å². The molecule has 0 aromatic heterocycles. The summed E-state index contributed by atoms with van der Waals surface area (Å²) in [5.74, 6) is 0.381. The molecule has 2 rings (SSSR count). The molecule has 0 fully saturated rings. The third kappa shape index (κ3) is 3.42. The van der Waals surface area contributed by atoms with Crippen LogP contribution >= 0.6 is 18.5 Å². The summed E-state index contributed by atoms with van der Waals surface area (Å²) in [5.41, 5.74) is 9.89. The van der Waals surface area contributed by atoms with E-state index in [2.05, 4.69) is 67.9 Å². The highest BCUT2D eigenvalue weighted by Crippen LogP contribution is 2.29. The summed E-state index contributed by atoms with van der Waals surface area (Å²) >= 11 is 0. The van der Waals surface area contributed by atoms with Gasteiger partial charge in [-0.1, -0.05) is 42.5 Å². The molecule has 3 unspecified atom stereocenters. The Balaban J connectivity index is 2.48. The first-order valence-corrected chi connectivity index (χ1v) is 7.69. The second-order valence-electron chi connectivity index (χ2n) is 4.86. The maximum Gasteiger partial charge on any atom is 0.0104 e. The number of benzene rings is 2. The van der Waals surface area contributed by atoms with Crippen LogP contribution in [0.25, 0.3) is 0 Å². The van der Waals surface area contributed by atoms with Crippen LogP contribution in [0.2, 0.25) is 0 Å². The van der Waals surface area contributed by atoms with Gasteiger partial charge >= 0.3 is 0 Å². The second-order valence-corrected chi connectivity index (χ2v) is 6.15. The highest BCUT2D eigenvalue weighted by Gasteiger charge is 2.16. The molecule has 0 saturated heterocycles. The molecule has 0 aliphatic heterocycles. The first-order chi connectivity index (χ1) is 9.13. The molecule has 0 aliphatic carbocycles. The van der Waals surface area contributed by atoms with Crippen molar-refractivity contribution >= 4 is 29.1 Å². The minimum Gasteiger partial charge on any atom is -0.330 e. The molecule has 0 saturated carbocycles. The lowest BCUT2D eigenvalue weighted by atomic mass is 9.86. The van der Waals surface area contributed by atoms with E-state index in [1.165, 1.54) is 27.3 Å². The predicted octanol–water partition coefficient (Wildman–Crippen LogP) is 2.48. The summed E-state index contributed by atoms with van der Waals surface area (Å²) < 4.78 is 0. The smallest absolute Gasteiger partial charge is 0.0104 e. The van der Waals surface area contributed by atoms with Crippen LogP contribution in [0.15, 0.2) is 42.5 Å². The standard InChI is InChI=1S/C16H21NP2/c1-11-14(6-3-7-16(11)19)15(8-9-17)12-4-2-5-13(18)10-12/h2-7,10,15H,8-9,17-19H2,1H3. The fraction of sp³-hybridized carbons (Fsp3) is 0.250. The zero-order valence-corrected chi connectivity index (χ0v) is 13.6. The highest BCUT2D eigenvalue weighted by molar-refractivity contribution is 7.27. The quantitative estimate of drug-likeness (QED) is 0.860. The molecule has 1 nitrogen and oxygen atoms in total. The molecule has 0 aliphatic rings. The molecule has 3 atom stereocenters. The van der Waals surface area contributed by atoms with E-state index in [0.717, 1.165) is 6.42 Å². The normalized spacial score (nSPS) is 12.4. The summed E-state index contributed by atoms with van der Waals surface area (Å²) in [6, 6.07) is 15.1. The Bertz CT molecular complexity index is 566. The SMILES string of the molecule is Cc1c(P)cccc1C(CCN)c1cccc(P)c1. The molecule has 3 heteroatoms. The lowest BCUT2D eigenvalue weighted by Crippen LogP contribution is -2.13. The fourth-order valence-corrected chi connectivity index (χ4v) is 3.08. The Labute approximate surface area is 120 Å². The topological polar surface area (TPSA) is 26.0 Å². The zero-order valence-electron chi connectivity index (χ0n) is 11.3. The Kier molecular flexibility index (Phi) is 5.11. The van der Waals surface area contributed by atoms with Gasteiger partial charge in [-0.25, -0.2) is 0 Å². The van der Waals surface area contributed by atoms with Crippen LogP contribution in [0.4, 0.5) is 0 Å². The Hall–Kier alpha value is -0.740. The van der Waals surface area contributed by atoms with E-state index < -0.39 is 0 Å². The molecule has 0 spiro atoms. The lowest BCUT2D eigenvalue weighted by molar-refractivity contribution is 0.723. The Morgan fingerprint density at radius 1 is 1.11 bits per heavy atom. The number of rotatable bonds is 4. The molecule has 2 aromatic rings. The fourth-order valence-electron chi connectivity index (χ4n) is 2.49. The summed E-state index contributed by atoms with van der Waals surface area (Å²) in [6.07, 6.45) is 0.975. The molecule has 0 heterocycles. The van der Waals surface area contributed by atoms with Crippen molar-refractivity contribution in [2.75, 3.05) is 6.54 Å². The number of nitrogens with two attached hydrogens (primary N) is 1. The summed E-state index contributed by atoms with van der Waals surface area (Å²) in [7, 11) is 5.58. The van der Waals surface area contributed by atoms with Crippen molar-refractivity contribution in [3.05, 3.63) is 59.2 Å². The van der Waals surface area contributed by atoms with E-state index in [1.807, 2.05) is 0 Å². The van der Waals surface area contributed by atoms with E-state index in [1.54, 1.807) is 0 Å². The predicted molar refractivity (Wildman–Crippen MR) is 91.8 cm³/mol. The molecule has 0 amide bonds. The van der Waals surface area contributed by atoms with Gasteiger partial charge in [-0.15, -0.1) is 18.5 Å². The molecule has 0 bridgehead atoms. The Morgan fingerprint density at radius 2 is 1.84 bits per heavy atom. The van der Waals surface area contributed by atoms with Crippen LogP contribution in [0.3, 0.4) is 0 Å². The van der Waals surface area contributed by atoms with Crippen LogP contribution in [-0.4, -0.2) is 6.54 Å². The van der Waals surface area contributed by atoms with Gasteiger partial charge in [-0.2, -0.15) is 0 Å². The first kappa shape index (κ1) is 14.7. The highest BCUT2D eigenvalue weighted by atomic mass is 31.0. The third-order valence-corrected chi connectivity index (χ3v) is 4.55. The van der Waals surface area contributed by atoms with E-state index in [-0.39, 0.29) is 0 Å². The zero-order chi connectivity index (χ0) is 13.8. The van der Waals surface area contributed by atoms with Crippen LogP contribution < -0.4 is 16.3 Å². The van der Waals surface area contributed by atoms with Gasteiger partial charge in [0.1, 0.15) is 0 Å². The largest absolute Gasteiger partial charge is 0.330 e. The van der Waals surface area contributed by atoms with E-state index in [4.69, 9.17) is 5.73 Å². The maximum absolute atomic E-state index is 5.82. The molecule has 19 heavy (non-hydrogen) atoms. The van der Waals surface area contributed by atoms with Gasteiger partial charge in [-0.3, -0.25) is 0 Å². The molecular formula is C16H21NP2. The van der Waals surface area contributed by atoms with Gasteiger partial charge in [0, 0.05) is 5.92 Å². The minimum atomic E-state index is 0.381. The number of hydrogen-bond donors (Lipinski definition) is 1. The molecule has 0 radical (unpaired) electrons. The lowest BCUT2D eigenvalue weighted by Gasteiger charge is -2.21. The van der Waals surface area contributed by atoms with Crippen LogP contribution in [0, 0.1) is 6.92 Å². The van der Waals surface area contributed by atoms with Gasteiger partial charge in [-0.05, 0) is 47.2 Å². The van der Waals surface area contributed by atoms with Crippen molar-refractivity contribution in [3.8, 4) is 0 Å². The maximum atomic E-state index is 5.82. The van der Waals surface area contributed by atoms with Crippen molar-refractivity contribution in [3.63, 3.8) is 0 Å². The van der Waals surface area contributed by atoms with Gasteiger partial charge in [0.15, 0.2) is 0 Å². The average molecular weight is 289 g/mol. The van der Waals surface area contributed by atoms with Crippen molar-refractivity contribution in [1.29, 1.82) is 0 Å². The first-order valence-electron chi connectivity index (χ1n) is 6.54. The average Bonchev–Trinajstić information content (AvgIpc) is 2.40. The second kappa shape index (κ2) is 6.62. The van der Waals surface area contributed by atoms with Crippen LogP contribution in [0.5, 0.6) is 0 Å². The monoisotopic (exact) mass is 289 g/mol. The van der Waals surface area contributed by atoms with Crippen molar-refractivity contribution in [2.24, 2.45) is 5.73 Å². The van der Waals surface area contributed by atoms with E-state index in [0.29, 0.717) is 12.5 Å². The van der Waals surface area contributed by atoms with Crippen molar-refractivity contribution in [1.82, 2.24) is 0 Å². The summed E-state index contributed by atoms with van der Waals surface area (Å²) in [5, 5.41) is 2.49. The third-order valence-electron chi connectivity index (χ3n) is 3.56. The van der Waals surface area contributed by atoms with E-state index >= 15 is 0 Å². The summed E-state index contributed by atoms with van der Waals surface area (Å²) in [4.78, 5) is 0. The van der Waals surface area contributed by atoms with Gasteiger partial charge in [0.2, 0.25) is 0 Å². The van der Waals surface area contributed by atoms with E-state index in [9.17, 15) is 0 Å². The molecular weight excluding hydrogens is 268 g/mol. The van der Waals surface area contributed by atoms with Crippen LogP contribution in [0.1, 0.15) is 29.0 Å². The van der Waals surface area contributed by atoms with Gasteiger partial charge in [0.25, 0.3) is 0 Å². The van der Waals surface area contributed by atoms with Crippen molar-refractivity contribution in [2.45, 2.75) is 19.3 Å². The molecule has 2 N–H and O–H groups in total. The molecule has 100 valence electrons. The Morgan fingerprint density at radius 3 is 2.53 bits per heavy atom. The molecule has 2 aromatic carbocycles. The van der Waals surface area contributed by atoms with Crippen molar-refractivity contribution < 1.29 is 0 Å². The minimum absolute atomic E-state index is 0.381. The summed E-state index contributed by atoms with van der Waals surface area (Å²) in [6.45, 7) is 2.89. The van der Waals surface area contributed by atoms with Gasteiger partial charge < -0.3 is 5.73 Å². The van der Waals surface area contributed by atoms with Crippen LogP contribution in [-0.2, 0) is 0 Å².